The van der Waals surface area contributed by atoms with E-state index in [1.807, 2.05) is 11.5 Å². The Morgan fingerprint density at radius 2 is 2.25 bits per heavy atom. The molecule has 1 atom stereocenters. The van der Waals surface area contributed by atoms with Crippen LogP contribution in [0.25, 0.3) is 0 Å². The number of carbonyl (C=O) groups excluding carboxylic acids is 1. The smallest absolute Gasteiger partial charge is 0.305 e. The van der Waals surface area contributed by atoms with Crippen molar-refractivity contribution in [2.24, 2.45) is 0 Å². The summed E-state index contributed by atoms with van der Waals surface area (Å²) in [7, 11) is 0. The summed E-state index contributed by atoms with van der Waals surface area (Å²) in [6.45, 7) is 1.96. The van der Waals surface area contributed by atoms with E-state index in [0.29, 0.717) is 23.2 Å². The summed E-state index contributed by atoms with van der Waals surface area (Å²) in [5.41, 5.74) is 0.518. The molecule has 1 aromatic rings. The maximum atomic E-state index is 12.3. The van der Waals surface area contributed by atoms with Gasteiger partial charge in [0.25, 0.3) is 5.91 Å². The lowest BCUT2D eigenvalue weighted by atomic mass is 10.1. The summed E-state index contributed by atoms with van der Waals surface area (Å²) in [5.74, 6) is -1.15. The Kier molecular flexibility index (Phi) is 4.70. The summed E-state index contributed by atoms with van der Waals surface area (Å²) in [5, 5.41) is 12.2. The zero-order valence-corrected chi connectivity index (χ0v) is 12.2. The van der Waals surface area contributed by atoms with E-state index in [1.165, 1.54) is 0 Å². The molecule has 1 unspecified atom stereocenters. The number of hydrogen-bond donors (Lipinski definition) is 2. The SMILES string of the molecule is CCCC(CC(=O)O)NC(=O)c1cc(Cl)cn1C1CC1. The largest absolute Gasteiger partial charge is 0.481 e. The number of aliphatic carboxylic acids is 1. The minimum atomic E-state index is -0.903. The van der Waals surface area contributed by atoms with Crippen LogP contribution in [0.1, 0.15) is 55.6 Å². The van der Waals surface area contributed by atoms with Gasteiger partial charge in [0.2, 0.25) is 0 Å². The minimum Gasteiger partial charge on any atom is -0.481 e. The van der Waals surface area contributed by atoms with Crippen molar-refractivity contribution in [1.82, 2.24) is 9.88 Å². The molecule has 0 radical (unpaired) electrons. The van der Waals surface area contributed by atoms with Crippen LogP contribution in [0.4, 0.5) is 0 Å². The molecule has 2 N–H and O–H groups in total. The van der Waals surface area contributed by atoms with Crippen LogP contribution in [0.5, 0.6) is 0 Å². The van der Waals surface area contributed by atoms with Crippen molar-refractivity contribution >= 4 is 23.5 Å². The van der Waals surface area contributed by atoms with E-state index < -0.39 is 5.97 Å². The minimum absolute atomic E-state index is 0.0581. The predicted molar refractivity (Wildman–Crippen MR) is 76.1 cm³/mol. The lowest BCUT2D eigenvalue weighted by Crippen LogP contribution is -2.37. The van der Waals surface area contributed by atoms with Gasteiger partial charge in [0.1, 0.15) is 5.69 Å². The first-order chi connectivity index (χ1) is 9.51. The van der Waals surface area contributed by atoms with Crippen LogP contribution in [0.15, 0.2) is 12.3 Å². The highest BCUT2D eigenvalue weighted by Crippen LogP contribution is 2.37. The molecule has 1 saturated carbocycles. The Hall–Kier alpha value is -1.49. The lowest BCUT2D eigenvalue weighted by molar-refractivity contribution is -0.137. The van der Waals surface area contributed by atoms with Crippen LogP contribution in [0.3, 0.4) is 0 Å². The molecule has 1 aromatic heterocycles. The van der Waals surface area contributed by atoms with Gasteiger partial charge < -0.3 is 15.0 Å². The van der Waals surface area contributed by atoms with Crippen molar-refractivity contribution in [3.8, 4) is 0 Å². The summed E-state index contributed by atoms with van der Waals surface area (Å²) < 4.78 is 1.89. The first kappa shape index (κ1) is 14.9. The second-order valence-corrected chi connectivity index (χ2v) is 5.68. The highest BCUT2D eigenvalue weighted by Gasteiger charge is 2.28. The number of nitrogens with one attached hydrogen (secondary N) is 1. The van der Waals surface area contributed by atoms with Crippen molar-refractivity contribution in [3.63, 3.8) is 0 Å². The van der Waals surface area contributed by atoms with Crippen molar-refractivity contribution < 1.29 is 14.7 Å². The van der Waals surface area contributed by atoms with Crippen LogP contribution in [0.2, 0.25) is 5.02 Å². The normalized spacial score (nSPS) is 15.9. The molecule has 6 heteroatoms. The van der Waals surface area contributed by atoms with Gasteiger partial charge >= 0.3 is 5.97 Å². The second-order valence-electron chi connectivity index (χ2n) is 5.24. The molecule has 1 heterocycles. The van der Waals surface area contributed by atoms with Crippen LogP contribution in [-0.2, 0) is 4.79 Å². The summed E-state index contributed by atoms with van der Waals surface area (Å²) >= 11 is 5.97. The number of carboxylic acids is 1. The highest BCUT2D eigenvalue weighted by atomic mass is 35.5. The van der Waals surface area contributed by atoms with Crippen molar-refractivity contribution in [1.29, 1.82) is 0 Å². The fraction of sp³-hybridized carbons (Fsp3) is 0.571. The third kappa shape index (κ3) is 3.76. The average molecular weight is 299 g/mol. The fourth-order valence-electron chi connectivity index (χ4n) is 2.33. The molecule has 110 valence electrons. The third-order valence-electron chi connectivity index (χ3n) is 3.38. The summed E-state index contributed by atoms with van der Waals surface area (Å²) in [4.78, 5) is 23.1. The third-order valence-corrected chi connectivity index (χ3v) is 3.59. The first-order valence-corrected chi connectivity index (χ1v) is 7.29. The van der Waals surface area contributed by atoms with E-state index in [2.05, 4.69) is 5.32 Å². The molecule has 2 rings (SSSR count). The molecule has 1 aliphatic rings. The Morgan fingerprint density at radius 3 is 2.80 bits per heavy atom. The topological polar surface area (TPSA) is 71.3 Å². The van der Waals surface area contributed by atoms with E-state index in [1.54, 1.807) is 12.3 Å². The second kappa shape index (κ2) is 6.31. The molecule has 0 bridgehead atoms. The number of aromatic nitrogens is 1. The quantitative estimate of drug-likeness (QED) is 0.813. The number of amides is 1. The summed E-state index contributed by atoms with van der Waals surface area (Å²) in [6.07, 6.45) is 5.29. The van der Waals surface area contributed by atoms with E-state index in [-0.39, 0.29) is 18.4 Å². The van der Waals surface area contributed by atoms with Gasteiger partial charge in [0.05, 0.1) is 11.4 Å². The number of carboxylic acid groups (broad SMARTS) is 1. The van der Waals surface area contributed by atoms with Crippen molar-refractivity contribution in [2.75, 3.05) is 0 Å². The van der Waals surface area contributed by atoms with Crippen LogP contribution in [0, 0.1) is 0 Å². The van der Waals surface area contributed by atoms with Crippen LogP contribution < -0.4 is 5.32 Å². The van der Waals surface area contributed by atoms with E-state index in [4.69, 9.17) is 16.7 Å². The summed E-state index contributed by atoms with van der Waals surface area (Å²) in [6, 6.07) is 1.65. The van der Waals surface area contributed by atoms with Crippen LogP contribution >= 0.6 is 11.6 Å². The van der Waals surface area contributed by atoms with Crippen molar-refractivity contribution in [3.05, 3.63) is 23.0 Å². The molecule has 0 saturated heterocycles. The van der Waals surface area contributed by atoms with Gasteiger partial charge in [-0.2, -0.15) is 0 Å². The van der Waals surface area contributed by atoms with Gasteiger partial charge in [0.15, 0.2) is 0 Å². The van der Waals surface area contributed by atoms with E-state index in [9.17, 15) is 9.59 Å². The fourth-order valence-corrected chi connectivity index (χ4v) is 2.53. The van der Waals surface area contributed by atoms with Gasteiger partial charge in [-0.1, -0.05) is 24.9 Å². The number of carbonyl (C=O) groups is 2. The average Bonchev–Trinajstić information content (AvgIpc) is 3.11. The zero-order chi connectivity index (χ0) is 14.7. The van der Waals surface area contributed by atoms with Crippen molar-refractivity contribution in [2.45, 2.75) is 51.1 Å². The number of rotatable bonds is 7. The Bertz CT molecular complexity index is 509. The molecule has 1 amide bonds. The first-order valence-electron chi connectivity index (χ1n) is 6.91. The highest BCUT2D eigenvalue weighted by molar-refractivity contribution is 6.31. The Morgan fingerprint density at radius 1 is 1.55 bits per heavy atom. The van der Waals surface area contributed by atoms with Gasteiger partial charge in [-0.3, -0.25) is 9.59 Å². The molecule has 1 aliphatic carbocycles. The molecular formula is C14H19ClN2O3. The maximum absolute atomic E-state index is 12.3. The van der Waals surface area contributed by atoms with E-state index >= 15 is 0 Å². The monoisotopic (exact) mass is 298 g/mol. The molecule has 20 heavy (non-hydrogen) atoms. The Balaban J connectivity index is 2.07. The maximum Gasteiger partial charge on any atom is 0.305 e. The molecule has 0 spiro atoms. The van der Waals surface area contributed by atoms with Gasteiger partial charge in [0, 0.05) is 18.3 Å². The number of halogens is 1. The zero-order valence-electron chi connectivity index (χ0n) is 11.4. The Labute approximate surface area is 122 Å². The van der Waals surface area contributed by atoms with Gasteiger partial charge in [-0.25, -0.2) is 0 Å². The van der Waals surface area contributed by atoms with E-state index in [0.717, 1.165) is 19.3 Å². The van der Waals surface area contributed by atoms with Gasteiger partial charge in [-0.15, -0.1) is 0 Å². The molecule has 5 nitrogen and oxygen atoms in total. The number of hydrogen-bond acceptors (Lipinski definition) is 2. The lowest BCUT2D eigenvalue weighted by Gasteiger charge is -2.17. The van der Waals surface area contributed by atoms with Gasteiger partial charge in [-0.05, 0) is 25.3 Å². The standard InChI is InChI=1S/C14H19ClN2O3/c1-2-3-10(7-13(18)19)16-14(20)12-6-9(15)8-17(12)11-4-5-11/h6,8,10-11H,2-5,7H2,1H3,(H,16,20)(H,18,19). The molecule has 0 aromatic carbocycles. The predicted octanol–water partition coefficient (Wildman–Crippen LogP) is 2.85. The molecular weight excluding hydrogens is 280 g/mol. The molecule has 0 aliphatic heterocycles. The van der Waals surface area contributed by atoms with Crippen LogP contribution in [-0.4, -0.2) is 27.6 Å². The number of nitrogens with zero attached hydrogens (tertiary/aromatic N) is 1. The molecule has 1 fully saturated rings.